The number of aryl methyl sites for hydroxylation is 1. The molecule has 1 N–H and O–H groups in total. The third kappa shape index (κ3) is 1.75. The average Bonchev–Trinajstić information content (AvgIpc) is 2.48. The Hall–Kier alpha value is -0.445. The number of benzene rings is 1. The molecule has 0 unspecified atom stereocenters. The molecular formula is C9H11BO2S. The molecule has 0 bridgehead atoms. The molecule has 4 heteroatoms. The van der Waals surface area contributed by atoms with E-state index in [1.165, 1.54) is 5.56 Å². The molecule has 2 nitrogen and oxygen atoms in total. The third-order valence-corrected chi connectivity index (χ3v) is 2.49. The zero-order valence-electron chi connectivity index (χ0n) is 7.23. The summed E-state index contributed by atoms with van der Waals surface area (Å²) in [4.78, 5) is 0. The second kappa shape index (κ2) is 3.74. The minimum atomic E-state index is -0.722. The Balaban J connectivity index is 2.29. The van der Waals surface area contributed by atoms with E-state index in [0.29, 0.717) is 6.61 Å². The highest BCUT2D eigenvalue weighted by Gasteiger charge is 2.26. The summed E-state index contributed by atoms with van der Waals surface area (Å²) in [6.45, 7) is 0.525. The maximum absolute atomic E-state index is 9.36. The van der Waals surface area contributed by atoms with E-state index in [1.54, 1.807) is 0 Å². The first-order valence-electron chi connectivity index (χ1n) is 4.33. The first-order valence-corrected chi connectivity index (χ1v) is 4.97. The normalized spacial score (nSPS) is 14.8. The van der Waals surface area contributed by atoms with Crippen molar-refractivity contribution in [3.63, 3.8) is 0 Å². The van der Waals surface area contributed by atoms with Crippen LogP contribution in [0.25, 0.3) is 0 Å². The lowest BCUT2D eigenvalue weighted by Gasteiger charge is -2.01. The third-order valence-electron chi connectivity index (χ3n) is 2.27. The lowest BCUT2D eigenvalue weighted by molar-refractivity contribution is 0.275. The second-order valence-electron chi connectivity index (χ2n) is 3.17. The maximum Gasteiger partial charge on any atom is 0.491 e. The molecule has 0 spiro atoms. The minimum Gasteiger partial charge on any atom is -0.423 e. The van der Waals surface area contributed by atoms with Gasteiger partial charge in [-0.1, -0.05) is 18.2 Å². The Labute approximate surface area is 83.5 Å². The van der Waals surface area contributed by atoms with Crippen molar-refractivity contribution in [2.75, 3.05) is 5.75 Å². The fourth-order valence-electron chi connectivity index (χ4n) is 1.57. The van der Waals surface area contributed by atoms with E-state index >= 15 is 0 Å². The van der Waals surface area contributed by atoms with E-state index in [0.717, 1.165) is 23.2 Å². The summed E-state index contributed by atoms with van der Waals surface area (Å²) < 4.78 is 5.09. The van der Waals surface area contributed by atoms with Crippen molar-refractivity contribution in [2.24, 2.45) is 0 Å². The summed E-state index contributed by atoms with van der Waals surface area (Å²) in [7, 11) is -0.722. The van der Waals surface area contributed by atoms with Crippen molar-refractivity contribution in [2.45, 2.75) is 13.0 Å². The molecule has 1 aromatic carbocycles. The van der Waals surface area contributed by atoms with Crippen LogP contribution < -0.4 is 5.46 Å². The van der Waals surface area contributed by atoms with Crippen LogP contribution in [-0.4, -0.2) is 17.9 Å². The molecule has 13 heavy (non-hydrogen) atoms. The quantitative estimate of drug-likeness (QED) is 0.526. The summed E-state index contributed by atoms with van der Waals surface area (Å²) in [5.74, 6) is 0.849. The van der Waals surface area contributed by atoms with Gasteiger partial charge in [0.25, 0.3) is 0 Å². The molecule has 1 aromatic rings. The van der Waals surface area contributed by atoms with Gasteiger partial charge in [-0.2, -0.15) is 12.6 Å². The van der Waals surface area contributed by atoms with Gasteiger partial charge in [0.05, 0.1) is 6.61 Å². The van der Waals surface area contributed by atoms with Gasteiger partial charge in [0.15, 0.2) is 0 Å². The van der Waals surface area contributed by atoms with Gasteiger partial charge in [-0.05, 0) is 28.8 Å². The lowest BCUT2D eigenvalue weighted by atomic mass is 9.79. The Morgan fingerprint density at radius 2 is 2.38 bits per heavy atom. The zero-order chi connectivity index (χ0) is 9.26. The van der Waals surface area contributed by atoms with Gasteiger partial charge >= 0.3 is 7.12 Å². The van der Waals surface area contributed by atoms with Gasteiger partial charge in [0, 0.05) is 0 Å². The monoisotopic (exact) mass is 194 g/mol. The molecule has 0 aliphatic carbocycles. The van der Waals surface area contributed by atoms with Crippen LogP contribution in [0.4, 0.5) is 0 Å². The average molecular weight is 194 g/mol. The van der Waals surface area contributed by atoms with Crippen LogP contribution in [-0.2, 0) is 17.7 Å². The van der Waals surface area contributed by atoms with Crippen LogP contribution in [0.2, 0.25) is 0 Å². The molecule has 0 fully saturated rings. The topological polar surface area (TPSA) is 29.5 Å². The highest BCUT2D eigenvalue weighted by Crippen LogP contribution is 2.12. The minimum absolute atomic E-state index is 0.525. The SMILES string of the molecule is OB1OCc2cc(CCS)ccc21. The van der Waals surface area contributed by atoms with Gasteiger partial charge in [0.1, 0.15) is 0 Å². The summed E-state index contributed by atoms with van der Waals surface area (Å²) >= 11 is 4.17. The predicted molar refractivity (Wildman–Crippen MR) is 56.4 cm³/mol. The molecule has 2 rings (SSSR count). The van der Waals surface area contributed by atoms with Gasteiger partial charge in [0.2, 0.25) is 0 Å². The molecule has 0 amide bonds. The van der Waals surface area contributed by atoms with Crippen molar-refractivity contribution < 1.29 is 9.68 Å². The van der Waals surface area contributed by atoms with E-state index < -0.39 is 7.12 Å². The largest absolute Gasteiger partial charge is 0.491 e. The van der Waals surface area contributed by atoms with E-state index in [-0.39, 0.29) is 0 Å². The molecule has 68 valence electrons. The molecule has 0 radical (unpaired) electrons. The maximum atomic E-state index is 9.36. The first-order chi connectivity index (χ1) is 6.31. The van der Waals surface area contributed by atoms with E-state index in [1.807, 2.05) is 12.1 Å². The van der Waals surface area contributed by atoms with Crippen LogP contribution >= 0.6 is 12.6 Å². The molecule has 1 heterocycles. The Bertz CT molecular complexity index is 316. The summed E-state index contributed by atoms with van der Waals surface area (Å²) in [5.41, 5.74) is 3.26. The molecule has 1 aliphatic heterocycles. The number of thiol groups is 1. The lowest BCUT2D eigenvalue weighted by Crippen LogP contribution is -2.27. The zero-order valence-corrected chi connectivity index (χ0v) is 8.13. The highest BCUT2D eigenvalue weighted by atomic mass is 32.1. The van der Waals surface area contributed by atoms with Gasteiger partial charge in [-0.25, -0.2) is 0 Å². The molecule has 0 atom stereocenters. The molecule has 1 aliphatic rings. The van der Waals surface area contributed by atoms with Crippen LogP contribution in [0.5, 0.6) is 0 Å². The highest BCUT2D eigenvalue weighted by molar-refractivity contribution is 7.80. The summed E-state index contributed by atoms with van der Waals surface area (Å²) in [6.07, 6.45) is 0.965. The standard InChI is InChI=1S/C9H11BO2S/c11-10-9-2-1-7(3-4-13)5-8(9)6-12-10/h1-2,5,11,13H,3-4,6H2. The van der Waals surface area contributed by atoms with Crippen molar-refractivity contribution >= 4 is 25.2 Å². The van der Waals surface area contributed by atoms with Crippen molar-refractivity contribution in [1.29, 1.82) is 0 Å². The first kappa shape index (κ1) is 9.12. The Morgan fingerprint density at radius 1 is 1.54 bits per heavy atom. The van der Waals surface area contributed by atoms with Gasteiger partial charge in [-0.15, -0.1) is 0 Å². The fraction of sp³-hybridized carbons (Fsp3) is 0.333. The van der Waals surface area contributed by atoms with Crippen LogP contribution in [0.15, 0.2) is 18.2 Å². The molecule has 0 saturated heterocycles. The summed E-state index contributed by atoms with van der Waals surface area (Å²) in [5, 5.41) is 9.36. The van der Waals surface area contributed by atoms with Crippen molar-refractivity contribution in [3.05, 3.63) is 29.3 Å². The number of hydrogen-bond acceptors (Lipinski definition) is 3. The number of rotatable bonds is 2. The van der Waals surface area contributed by atoms with Gasteiger partial charge < -0.3 is 9.68 Å². The van der Waals surface area contributed by atoms with Crippen LogP contribution in [0.1, 0.15) is 11.1 Å². The smallest absolute Gasteiger partial charge is 0.423 e. The van der Waals surface area contributed by atoms with E-state index in [4.69, 9.17) is 4.65 Å². The van der Waals surface area contributed by atoms with Gasteiger partial charge in [-0.3, -0.25) is 0 Å². The number of fused-ring (bicyclic) bond motifs is 1. The van der Waals surface area contributed by atoms with Crippen molar-refractivity contribution in [3.8, 4) is 0 Å². The fourth-order valence-corrected chi connectivity index (χ4v) is 1.83. The molecular weight excluding hydrogens is 183 g/mol. The Kier molecular flexibility index (Phi) is 2.62. The molecule has 0 aromatic heterocycles. The second-order valence-corrected chi connectivity index (χ2v) is 3.62. The van der Waals surface area contributed by atoms with Crippen LogP contribution in [0, 0.1) is 0 Å². The number of hydrogen-bond donors (Lipinski definition) is 2. The summed E-state index contributed by atoms with van der Waals surface area (Å²) in [6, 6.07) is 6.04. The van der Waals surface area contributed by atoms with Crippen molar-refractivity contribution in [1.82, 2.24) is 0 Å². The Morgan fingerprint density at radius 3 is 3.15 bits per heavy atom. The predicted octanol–water partition coefficient (Wildman–Crippen LogP) is 0.377. The van der Waals surface area contributed by atoms with E-state index in [2.05, 4.69) is 18.7 Å². The van der Waals surface area contributed by atoms with E-state index in [9.17, 15) is 5.02 Å². The molecule has 0 saturated carbocycles. The van der Waals surface area contributed by atoms with Crippen LogP contribution in [0.3, 0.4) is 0 Å².